The summed E-state index contributed by atoms with van der Waals surface area (Å²) < 4.78 is 13.5. The van der Waals surface area contributed by atoms with Crippen molar-refractivity contribution in [2.24, 2.45) is 5.92 Å². The summed E-state index contributed by atoms with van der Waals surface area (Å²) in [6.07, 6.45) is 2.08. The minimum atomic E-state index is -1.73. The van der Waals surface area contributed by atoms with Crippen LogP contribution in [0, 0.1) is 5.92 Å². The van der Waals surface area contributed by atoms with Crippen LogP contribution >= 0.6 is 0 Å². The molecule has 1 aliphatic rings. The van der Waals surface area contributed by atoms with E-state index < -0.39 is 8.32 Å². The van der Waals surface area contributed by atoms with Crippen molar-refractivity contribution in [1.82, 2.24) is 0 Å². The van der Waals surface area contributed by atoms with E-state index in [1.54, 1.807) is 0 Å². The molecule has 1 aliphatic carbocycles. The Morgan fingerprint density at radius 3 is 2.40 bits per heavy atom. The zero-order chi connectivity index (χ0) is 18.7. The van der Waals surface area contributed by atoms with E-state index in [0.29, 0.717) is 25.7 Å². The fourth-order valence-electron chi connectivity index (χ4n) is 2.87. The number of hydrogen-bond donors (Lipinski definition) is 0. The van der Waals surface area contributed by atoms with Gasteiger partial charge in [-0.1, -0.05) is 0 Å². The molecule has 0 unspecified atom stereocenters. The van der Waals surface area contributed by atoms with Gasteiger partial charge in [-0.2, -0.15) is 0 Å². The molecule has 1 fully saturated rings. The van der Waals surface area contributed by atoms with Crippen molar-refractivity contribution >= 4 is 33.7 Å². The quantitative estimate of drug-likeness (QED) is 0.505. The first-order chi connectivity index (χ1) is 11.6. The molecule has 0 spiro atoms. The van der Waals surface area contributed by atoms with Crippen LogP contribution < -0.4 is 4.46 Å². The van der Waals surface area contributed by atoms with Crippen molar-refractivity contribution in [3.63, 3.8) is 0 Å². The third-order valence-electron chi connectivity index (χ3n) is 5.38. The first-order valence-electron chi connectivity index (χ1n) is 9.11. The van der Waals surface area contributed by atoms with Crippen molar-refractivity contribution in [3.8, 4) is 0 Å². The summed E-state index contributed by atoms with van der Waals surface area (Å²) >= 11 is 0.326. The summed E-state index contributed by atoms with van der Waals surface area (Å²) in [4.78, 5) is 12.0. The normalized spacial score (nSPS) is 24.3. The summed E-state index contributed by atoms with van der Waals surface area (Å²) in [5.74, 6) is 0.332. The van der Waals surface area contributed by atoms with Crippen LogP contribution in [0.15, 0.2) is 30.3 Å². The Balaban J connectivity index is 1.99. The Hall–Kier alpha value is -0.614. The molecule has 3 atom stereocenters. The van der Waals surface area contributed by atoms with E-state index in [1.807, 2.05) is 6.07 Å². The van der Waals surface area contributed by atoms with Crippen molar-refractivity contribution in [3.05, 3.63) is 30.3 Å². The Morgan fingerprint density at radius 1 is 1.20 bits per heavy atom. The second-order valence-corrected chi connectivity index (χ2v) is 16.1. The maximum absolute atomic E-state index is 11.5. The van der Waals surface area contributed by atoms with Gasteiger partial charge < -0.3 is 0 Å². The van der Waals surface area contributed by atoms with Crippen LogP contribution in [-0.2, 0) is 14.0 Å². The predicted octanol–water partition coefficient (Wildman–Crippen LogP) is 4.17. The topological polar surface area (TPSA) is 35.5 Å². The van der Waals surface area contributed by atoms with Crippen LogP contribution in [0.1, 0.15) is 40.5 Å². The monoisotopic (exact) mass is 428 g/mol. The minimum absolute atomic E-state index is 0.0470. The Kier molecular flexibility index (Phi) is 6.94. The molecule has 140 valence electrons. The molecule has 0 heterocycles. The molecule has 0 amide bonds. The fourth-order valence-corrected chi connectivity index (χ4v) is 6.79. The Bertz CT molecular complexity index is 568. The van der Waals surface area contributed by atoms with E-state index in [9.17, 15) is 4.79 Å². The molecule has 2 rings (SSSR count). The first kappa shape index (κ1) is 20.7. The van der Waals surface area contributed by atoms with E-state index in [-0.39, 0.29) is 17.1 Å². The van der Waals surface area contributed by atoms with E-state index in [4.69, 9.17) is 9.16 Å². The van der Waals surface area contributed by atoms with Crippen LogP contribution in [0.2, 0.25) is 22.9 Å². The molecule has 25 heavy (non-hydrogen) atoms. The summed E-state index contributed by atoms with van der Waals surface area (Å²) in [5.41, 5.74) is 0. The second kappa shape index (κ2) is 8.39. The van der Waals surface area contributed by atoms with Crippen LogP contribution in [0.3, 0.4) is 0 Å². The molecule has 1 aromatic carbocycles. The fraction of sp³-hybridized carbons (Fsp3) is 0.650. The summed E-state index contributed by atoms with van der Waals surface area (Å²) in [6, 6.07) is 10.6. The Labute approximate surface area is 160 Å². The van der Waals surface area contributed by atoms with Gasteiger partial charge in [0.1, 0.15) is 0 Å². The average molecular weight is 428 g/mol. The number of rotatable bonds is 6. The van der Waals surface area contributed by atoms with Crippen LogP contribution in [0.4, 0.5) is 0 Å². The molecule has 0 aromatic heterocycles. The zero-order valence-electron chi connectivity index (χ0n) is 16.4. The standard InChI is InChI=1S/C20H32O3SeSi/c1-15(21)23-18-12-16(14-22-25(5,6)20(2,3)4)13-19(18)24-17-10-8-7-9-11-17/h7-11,16,18-19H,12-14H2,1-6H3/t16-,18+,19+/m0/s1. The maximum atomic E-state index is 11.5. The number of hydrogen-bond acceptors (Lipinski definition) is 3. The average Bonchev–Trinajstić information content (AvgIpc) is 2.86. The zero-order valence-corrected chi connectivity index (χ0v) is 19.1. The van der Waals surface area contributed by atoms with Gasteiger partial charge in [-0.15, -0.1) is 0 Å². The third kappa shape index (κ3) is 5.95. The molecule has 0 bridgehead atoms. The van der Waals surface area contributed by atoms with E-state index in [0.717, 1.165) is 19.4 Å². The molecule has 1 aromatic rings. The number of carbonyl (C=O) groups excluding carboxylic acids is 1. The molecular formula is C20H32O3SeSi. The van der Waals surface area contributed by atoms with E-state index >= 15 is 0 Å². The molecule has 0 saturated heterocycles. The van der Waals surface area contributed by atoms with Crippen molar-refractivity contribution in [2.75, 3.05) is 6.61 Å². The van der Waals surface area contributed by atoms with Gasteiger partial charge in [-0.05, 0) is 0 Å². The summed E-state index contributed by atoms with van der Waals surface area (Å²) in [6.45, 7) is 13.8. The first-order valence-corrected chi connectivity index (χ1v) is 13.9. The van der Waals surface area contributed by atoms with Crippen molar-refractivity contribution in [1.29, 1.82) is 0 Å². The van der Waals surface area contributed by atoms with Crippen molar-refractivity contribution in [2.45, 2.75) is 69.6 Å². The van der Waals surface area contributed by atoms with Gasteiger partial charge in [0.15, 0.2) is 0 Å². The molecule has 0 N–H and O–H groups in total. The molecule has 5 heteroatoms. The van der Waals surface area contributed by atoms with Crippen LogP contribution in [0.5, 0.6) is 0 Å². The van der Waals surface area contributed by atoms with E-state index in [1.165, 1.54) is 11.4 Å². The summed E-state index contributed by atoms with van der Waals surface area (Å²) in [7, 11) is -1.73. The molecule has 0 aliphatic heterocycles. The van der Waals surface area contributed by atoms with Gasteiger partial charge in [-0.3, -0.25) is 0 Å². The van der Waals surface area contributed by atoms with E-state index in [2.05, 4.69) is 58.1 Å². The molecule has 0 radical (unpaired) electrons. The number of ether oxygens (including phenoxy) is 1. The van der Waals surface area contributed by atoms with Gasteiger partial charge in [-0.25, -0.2) is 0 Å². The second-order valence-electron chi connectivity index (χ2n) is 8.53. The van der Waals surface area contributed by atoms with Gasteiger partial charge >= 0.3 is 160 Å². The van der Waals surface area contributed by atoms with Crippen LogP contribution in [0.25, 0.3) is 0 Å². The number of esters is 1. The van der Waals surface area contributed by atoms with Crippen LogP contribution in [-0.4, -0.2) is 42.0 Å². The number of benzene rings is 1. The van der Waals surface area contributed by atoms with Gasteiger partial charge in [0.05, 0.1) is 0 Å². The third-order valence-corrected chi connectivity index (χ3v) is 12.7. The van der Waals surface area contributed by atoms with Gasteiger partial charge in [0, 0.05) is 0 Å². The molecular weight excluding hydrogens is 395 g/mol. The van der Waals surface area contributed by atoms with Gasteiger partial charge in [0.2, 0.25) is 0 Å². The summed E-state index contributed by atoms with van der Waals surface area (Å²) in [5, 5.41) is 0.230. The SMILES string of the molecule is CC(=O)O[C@@H]1C[C@H](CO[Si](C)(C)C(C)(C)C)C[C@H]1[Se]c1ccccc1. The van der Waals surface area contributed by atoms with Crippen molar-refractivity contribution < 1.29 is 14.0 Å². The molecule has 3 nitrogen and oxygen atoms in total. The Morgan fingerprint density at radius 2 is 1.84 bits per heavy atom. The predicted molar refractivity (Wildman–Crippen MR) is 107 cm³/mol. The molecule has 1 saturated carbocycles. The number of carbonyl (C=O) groups is 1. The van der Waals surface area contributed by atoms with Gasteiger partial charge in [0.25, 0.3) is 0 Å².